The van der Waals surface area contributed by atoms with E-state index in [0.717, 1.165) is 4.88 Å². The summed E-state index contributed by atoms with van der Waals surface area (Å²) in [6.07, 6.45) is 2.33. The van der Waals surface area contributed by atoms with Crippen molar-refractivity contribution in [3.8, 4) is 0 Å². The molecule has 1 fully saturated rings. The monoisotopic (exact) mass is 267 g/mol. The van der Waals surface area contributed by atoms with Gasteiger partial charge in [0, 0.05) is 23.9 Å². The molecule has 1 amide bonds. The summed E-state index contributed by atoms with van der Waals surface area (Å²) in [5, 5.41) is 20.3. The third kappa shape index (κ3) is 2.77. The van der Waals surface area contributed by atoms with Gasteiger partial charge < -0.3 is 15.1 Å². The molecule has 96 valence electrons. The first kappa shape index (κ1) is 12.8. The van der Waals surface area contributed by atoms with Gasteiger partial charge in [-0.2, -0.15) is 0 Å². The van der Waals surface area contributed by atoms with E-state index in [1.165, 1.54) is 22.3 Å². The van der Waals surface area contributed by atoms with Gasteiger partial charge in [-0.3, -0.25) is 4.79 Å². The van der Waals surface area contributed by atoms with Gasteiger partial charge in [0.05, 0.1) is 6.10 Å². The number of thiophene rings is 1. The fourth-order valence-electron chi connectivity index (χ4n) is 1.93. The fraction of sp³-hybridized carbons (Fsp3) is 0.333. The van der Waals surface area contributed by atoms with Crippen LogP contribution >= 0.6 is 11.3 Å². The zero-order valence-corrected chi connectivity index (χ0v) is 10.3. The van der Waals surface area contributed by atoms with Crippen molar-refractivity contribution in [3.05, 3.63) is 28.5 Å². The molecule has 1 aliphatic heterocycles. The second kappa shape index (κ2) is 5.32. The maximum atomic E-state index is 11.9. The summed E-state index contributed by atoms with van der Waals surface area (Å²) in [4.78, 5) is 25.0. The molecule has 2 N–H and O–H groups in total. The van der Waals surface area contributed by atoms with Crippen LogP contribution in [-0.4, -0.2) is 45.7 Å². The Hall–Kier alpha value is -1.66. The van der Waals surface area contributed by atoms with Gasteiger partial charge in [0.25, 0.3) is 0 Å². The first-order valence-corrected chi connectivity index (χ1v) is 6.39. The second-order valence-corrected chi connectivity index (χ2v) is 5.06. The highest BCUT2D eigenvalue weighted by Crippen LogP contribution is 2.19. The van der Waals surface area contributed by atoms with Gasteiger partial charge in [0.2, 0.25) is 5.91 Å². The Morgan fingerprint density at radius 1 is 1.50 bits per heavy atom. The van der Waals surface area contributed by atoms with Crippen molar-refractivity contribution in [2.75, 3.05) is 6.54 Å². The van der Waals surface area contributed by atoms with E-state index in [1.54, 1.807) is 6.08 Å². The fourth-order valence-corrected chi connectivity index (χ4v) is 2.54. The molecule has 2 atom stereocenters. The van der Waals surface area contributed by atoms with Crippen LogP contribution in [0.3, 0.4) is 0 Å². The first-order chi connectivity index (χ1) is 8.58. The molecule has 1 aliphatic rings. The molecule has 5 nitrogen and oxygen atoms in total. The van der Waals surface area contributed by atoms with Crippen molar-refractivity contribution in [2.45, 2.75) is 18.6 Å². The van der Waals surface area contributed by atoms with Crippen molar-refractivity contribution < 1.29 is 19.8 Å². The van der Waals surface area contributed by atoms with Crippen LogP contribution in [-0.2, 0) is 9.59 Å². The first-order valence-electron chi connectivity index (χ1n) is 5.51. The Balaban J connectivity index is 2.06. The number of rotatable bonds is 3. The molecule has 1 saturated heterocycles. The van der Waals surface area contributed by atoms with Crippen molar-refractivity contribution in [2.24, 2.45) is 0 Å². The third-order valence-corrected chi connectivity index (χ3v) is 3.62. The van der Waals surface area contributed by atoms with Crippen molar-refractivity contribution in [1.82, 2.24) is 4.90 Å². The molecule has 2 rings (SSSR count). The smallest absolute Gasteiger partial charge is 0.326 e. The Morgan fingerprint density at radius 3 is 2.89 bits per heavy atom. The van der Waals surface area contributed by atoms with Crippen molar-refractivity contribution in [3.63, 3.8) is 0 Å². The summed E-state index contributed by atoms with van der Waals surface area (Å²) in [5.41, 5.74) is 0. The number of aliphatic hydroxyl groups is 1. The van der Waals surface area contributed by atoms with Gasteiger partial charge in [-0.05, 0) is 17.5 Å². The number of aliphatic carboxylic acids is 1. The summed E-state index contributed by atoms with van der Waals surface area (Å²) < 4.78 is 0. The van der Waals surface area contributed by atoms with Crippen LogP contribution in [0.15, 0.2) is 23.6 Å². The van der Waals surface area contributed by atoms with E-state index in [9.17, 15) is 14.7 Å². The lowest BCUT2D eigenvalue weighted by Crippen LogP contribution is -2.39. The summed E-state index contributed by atoms with van der Waals surface area (Å²) in [5.74, 6) is -1.46. The number of carbonyl (C=O) groups excluding carboxylic acids is 1. The second-order valence-electron chi connectivity index (χ2n) is 4.08. The minimum atomic E-state index is -1.08. The quantitative estimate of drug-likeness (QED) is 0.794. The molecule has 0 radical (unpaired) electrons. The molecule has 2 heterocycles. The number of hydrogen-bond acceptors (Lipinski definition) is 4. The molecule has 1 aromatic heterocycles. The number of carboxylic acid groups (broad SMARTS) is 1. The highest BCUT2D eigenvalue weighted by atomic mass is 32.1. The number of carboxylic acids is 1. The molecule has 18 heavy (non-hydrogen) atoms. The highest BCUT2D eigenvalue weighted by molar-refractivity contribution is 7.10. The molecule has 0 bridgehead atoms. The van der Waals surface area contributed by atoms with Crippen LogP contribution in [0.25, 0.3) is 6.08 Å². The lowest BCUT2D eigenvalue weighted by atomic mass is 10.2. The van der Waals surface area contributed by atoms with Gasteiger partial charge in [-0.15, -0.1) is 11.3 Å². The van der Waals surface area contributed by atoms with E-state index in [2.05, 4.69) is 0 Å². The largest absolute Gasteiger partial charge is 0.480 e. The molecular weight excluding hydrogens is 254 g/mol. The number of amides is 1. The molecule has 1 aromatic rings. The summed E-state index contributed by atoms with van der Waals surface area (Å²) in [6, 6.07) is 2.80. The van der Waals surface area contributed by atoms with Gasteiger partial charge in [-0.1, -0.05) is 6.07 Å². The Morgan fingerprint density at radius 2 is 2.28 bits per heavy atom. The van der Waals surface area contributed by atoms with Crippen LogP contribution < -0.4 is 0 Å². The van der Waals surface area contributed by atoms with E-state index < -0.39 is 18.1 Å². The van der Waals surface area contributed by atoms with Gasteiger partial charge in [0.1, 0.15) is 6.04 Å². The maximum Gasteiger partial charge on any atom is 0.326 e. The Bertz CT molecular complexity index is 468. The van der Waals surface area contributed by atoms with Gasteiger partial charge in [0.15, 0.2) is 0 Å². The van der Waals surface area contributed by atoms with E-state index >= 15 is 0 Å². The zero-order valence-electron chi connectivity index (χ0n) is 9.52. The van der Waals surface area contributed by atoms with Crippen LogP contribution in [0, 0.1) is 0 Å². The lowest BCUT2D eigenvalue weighted by Gasteiger charge is -2.19. The minimum Gasteiger partial charge on any atom is -0.480 e. The Kier molecular flexibility index (Phi) is 3.78. The van der Waals surface area contributed by atoms with Crippen molar-refractivity contribution in [1.29, 1.82) is 0 Å². The SMILES string of the molecule is O=C(O)[C@@H]1C[C@H](O)CN1C(=O)C=Cc1cccs1. The molecule has 0 aliphatic carbocycles. The normalized spacial score (nSPS) is 23.7. The topological polar surface area (TPSA) is 77.8 Å². The van der Waals surface area contributed by atoms with Crippen LogP contribution in [0.2, 0.25) is 0 Å². The highest BCUT2D eigenvalue weighted by Gasteiger charge is 2.37. The average Bonchev–Trinajstić information content (AvgIpc) is 2.94. The maximum absolute atomic E-state index is 11.9. The minimum absolute atomic E-state index is 0.0740. The number of nitrogens with zero attached hydrogens (tertiary/aromatic N) is 1. The summed E-state index contributed by atoms with van der Waals surface area (Å²) in [6.45, 7) is 0.0740. The average molecular weight is 267 g/mol. The number of likely N-dealkylation sites (tertiary alicyclic amines) is 1. The van der Waals surface area contributed by atoms with Crippen molar-refractivity contribution >= 4 is 29.3 Å². The van der Waals surface area contributed by atoms with Crippen LogP contribution in [0.1, 0.15) is 11.3 Å². The number of aliphatic hydroxyl groups excluding tert-OH is 1. The predicted octanol–water partition coefficient (Wildman–Crippen LogP) is 0.808. The predicted molar refractivity (Wildman–Crippen MR) is 67.1 cm³/mol. The van der Waals surface area contributed by atoms with Gasteiger partial charge in [-0.25, -0.2) is 4.79 Å². The van der Waals surface area contributed by atoms with E-state index in [1.807, 2.05) is 17.5 Å². The lowest BCUT2D eigenvalue weighted by molar-refractivity contribution is -0.146. The molecular formula is C12H13NO4S. The van der Waals surface area contributed by atoms with E-state index in [0.29, 0.717) is 0 Å². The molecule has 0 aromatic carbocycles. The number of hydrogen-bond donors (Lipinski definition) is 2. The zero-order chi connectivity index (χ0) is 13.1. The van der Waals surface area contributed by atoms with E-state index in [4.69, 9.17) is 5.11 Å². The number of β-amino-alcohol motifs (C(OH)–C–C–N with tert-alkyl or cyclic N) is 1. The molecule has 0 saturated carbocycles. The standard InChI is InChI=1S/C12H13NO4S/c14-8-6-10(12(16)17)13(7-8)11(15)4-3-9-2-1-5-18-9/h1-5,8,10,14H,6-7H2,(H,16,17)/t8-,10-/m0/s1. The van der Waals surface area contributed by atoms with Crippen LogP contribution in [0.4, 0.5) is 0 Å². The third-order valence-electron chi connectivity index (χ3n) is 2.78. The number of carbonyl (C=O) groups is 2. The van der Waals surface area contributed by atoms with E-state index in [-0.39, 0.29) is 18.9 Å². The molecule has 0 unspecified atom stereocenters. The van der Waals surface area contributed by atoms with Crippen LogP contribution in [0.5, 0.6) is 0 Å². The Labute approximate surface area is 108 Å². The molecule has 6 heteroatoms. The van der Waals surface area contributed by atoms with Gasteiger partial charge >= 0.3 is 5.97 Å². The molecule has 0 spiro atoms. The summed E-state index contributed by atoms with van der Waals surface area (Å²) >= 11 is 1.49. The summed E-state index contributed by atoms with van der Waals surface area (Å²) in [7, 11) is 0.